The highest BCUT2D eigenvalue weighted by Crippen LogP contribution is 2.42. The van der Waals surface area contributed by atoms with E-state index in [0.717, 1.165) is 12.0 Å². The number of hydrogen-bond donors (Lipinski definition) is 1. The van der Waals surface area contributed by atoms with Crippen LogP contribution < -0.4 is 0 Å². The second-order valence-corrected chi connectivity index (χ2v) is 5.63. The first kappa shape index (κ1) is 15.5. The van der Waals surface area contributed by atoms with Gasteiger partial charge in [0.2, 0.25) is 0 Å². The molecule has 1 aromatic heterocycles. The Hall–Kier alpha value is -2.39. The molecule has 0 fully saturated rings. The summed E-state index contributed by atoms with van der Waals surface area (Å²) in [4.78, 5) is 14.6. The summed E-state index contributed by atoms with van der Waals surface area (Å²) >= 11 is 0. The number of benzene rings is 1. The van der Waals surface area contributed by atoms with E-state index in [1.54, 1.807) is 0 Å². The number of aromatic nitrogens is 1. The van der Waals surface area contributed by atoms with Crippen molar-refractivity contribution >= 4 is 16.9 Å². The van der Waals surface area contributed by atoms with Gasteiger partial charge in [-0.15, -0.1) is 0 Å². The minimum Gasteiger partial charge on any atom is -0.427 e. The van der Waals surface area contributed by atoms with Crippen molar-refractivity contribution < 1.29 is 18.7 Å². The highest BCUT2D eigenvalue weighted by Gasteiger charge is 2.43. The van der Waals surface area contributed by atoms with Crippen molar-refractivity contribution in [1.82, 2.24) is 4.98 Å². The topological polar surface area (TPSA) is 75.1 Å². The zero-order valence-electron chi connectivity index (χ0n) is 13.0. The van der Waals surface area contributed by atoms with Gasteiger partial charge in [-0.2, -0.15) is 5.26 Å². The smallest absolute Gasteiger partial charge is 0.305 e. The number of ether oxygens (including phenoxy) is 2. The van der Waals surface area contributed by atoms with Gasteiger partial charge in [0.15, 0.2) is 0 Å². The lowest BCUT2D eigenvalue weighted by atomic mass is 9.95. The Kier molecular flexibility index (Phi) is 3.82. The number of aromatic amines is 1. The second-order valence-electron chi connectivity index (χ2n) is 5.63. The molecule has 1 atom stereocenters. The quantitative estimate of drug-likeness (QED) is 0.882. The van der Waals surface area contributed by atoms with E-state index >= 15 is 0 Å². The fourth-order valence-corrected chi connectivity index (χ4v) is 3.29. The van der Waals surface area contributed by atoms with Crippen molar-refractivity contribution in [2.24, 2.45) is 0 Å². The fraction of sp³-hybridized carbons (Fsp3) is 0.412. The van der Waals surface area contributed by atoms with E-state index < -0.39 is 17.6 Å². The third-order valence-electron chi connectivity index (χ3n) is 4.08. The molecule has 1 N–H and O–H groups in total. The van der Waals surface area contributed by atoms with Gasteiger partial charge < -0.3 is 14.5 Å². The van der Waals surface area contributed by atoms with E-state index in [1.807, 2.05) is 6.92 Å². The van der Waals surface area contributed by atoms with Crippen molar-refractivity contribution in [3.63, 3.8) is 0 Å². The van der Waals surface area contributed by atoms with Gasteiger partial charge >= 0.3 is 5.97 Å². The van der Waals surface area contributed by atoms with Crippen molar-refractivity contribution in [1.29, 1.82) is 5.26 Å². The molecule has 0 bridgehead atoms. The average molecular weight is 316 g/mol. The van der Waals surface area contributed by atoms with Gasteiger partial charge in [-0.1, -0.05) is 6.92 Å². The maximum absolute atomic E-state index is 14.2. The highest BCUT2D eigenvalue weighted by atomic mass is 19.1. The lowest BCUT2D eigenvalue weighted by molar-refractivity contribution is -0.247. The predicted octanol–water partition coefficient (Wildman–Crippen LogP) is 3.27. The normalized spacial score (nSPS) is 20.1. The van der Waals surface area contributed by atoms with Crippen LogP contribution in [-0.4, -0.2) is 17.6 Å². The van der Waals surface area contributed by atoms with E-state index in [9.17, 15) is 14.4 Å². The number of nitriles is 1. The van der Waals surface area contributed by atoms with Crippen LogP contribution in [0.15, 0.2) is 12.1 Å². The molecule has 5 nitrogen and oxygen atoms in total. The number of H-pyrrole nitrogens is 1. The summed E-state index contributed by atoms with van der Waals surface area (Å²) < 4.78 is 25.5. The summed E-state index contributed by atoms with van der Waals surface area (Å²) in [5, 5.41) is 9.88. The number of rotatable bonds is 3. The van der Waals surface area contributed by atoms with Crippen LogP contribution in [0.1, 0.15) is 43.5 Å². The van der Waals surface area contributed by atoms with Crippen LogP contribution in [-0.2, 0) is 26.5 Å². The van der Waals surface area contributed by atoms with E-state index in [2.05, 4.69) is 11.1 Å². The first-order valence-corrected chi connectivity index (χ1v) is 7.59. The molecule has 3 rings (SSSR count). The molecular formula is C17H17FN2O3. The summed E-state index contributed by atoms with van der Waals surface area (Å²) in [5.41, 5.74) is 1.98. The first-order chi connectivity index (χ1) is 11.0. The zero-order chi connectivity index (χ0) is 16.6. The Morgan fingerprint density at radius 2 is 2.35 bits per heavy atom. The van der Waals surface area contributed by atoms with Crippen LogP contribution in [0.4, 0.5) is 4.39 Å². The molecule has 0 amide bonds. The van der Waals surface area contributed by atoms with E-state index in [0.29, 0.717) is 36.1 Å². The fourth-order valence-electron chi connectivity index (χ4n) is 3.29. The summed E-state index contributed by atoms with van der Waals surface area (Å²) in [5.74, 6) is -2.15. The van der Waals surface area contributed by atoms with Gasteiger partial charge in [0.25, 0.3) is 5.79 Å². The average Bonchev–Trinajstić information content (AvgIpc) is 2.90. The number of carbonyl (C=O) groups is 1. The third kappa shape index (κ3) is 2.37. The molecule has 2 aromatic rings. The van der Waals surface area contributed by atoms with Crippen LogP contribution in [0.25, 0.3) is 10.9 Å². The molecule has 0 saturated carbocycles. The van der Waals surface area contributed by atoms with Crippen LogP contribution in [0.2, 0.25) is 0 Å². The number of fused-ring (bicyclic) bond motifs is 3. The molecule has 23 heavy (non-hydrogen) atoms. The minimum absolute atomic E-state index is 0.257. The highest BCUT2D eigenvalue weighted by molar-refractivity contribution is 5.91. The molecule has 120 valence electrons. The third-order valence-corrected chi connectivity index (χ3v) is 4.08. The number of hydrogen-bond acceptors (Lipinski definition) is 4. The second kappa shape index (κ2) is 5.67. The summed E-state index contributed by atoms with van der Waals surface area (Å²) in [6.45, 7) is 3.61. The van der Waals surface area contributed by atoms with E-state index in [1.165, 1.54) is 19.1 Å². The minimum atomic E-state index is -1.24. The monoisotopic (exact) mass is 316 g/mol. The number of carbonyl (C=O) groups excluding carboxylic acids is 1. The maximum atomic E-state index is 14.2. The number of nitrogens with one attached hydrogen (secondary N) is 1. The molecule has 2 heterocycles. The van der Waals surface area contributed by atoms with Crippen LogP contribution in [0.3, 0.4) is 0 Å². The molecule has 6 heteroatoms. The number of nitrogens with zero attached hydrogens (tertiary/aromatic N) is 1. The number of esters is 1. The molecule has 0 radical (unpaired) electrons. The van der Waals surface area contributed by atoms with Gasteiger partial charge in [0.05, 0.1) is 29.5 Å². The lowest BCUT2D eigenvalue weighted by Crippen LogP contribution is -2.39. The SMILES string of the molecule is CCCC1(OC(C)=O)OCCc2c1[nH]c1c(F)ccc(C#N)c21. The van der Waals surface area contributed by atoms with Crippen LogP contribution in [0.5, 0.6) is 0 Å². The van der Waals surface area contributed by atoms with Crippen molar-refractivity contribution in [2.45, 2.75) is 38.9 Å². The van der Waals surface area contributed by atoms with Gasteiger partial charge in [0.1, 0.15) is 5.82 Å². The number of halogens is 1. The maximum Gasteiger partial charge on any atom is 0.305 e. The largest absolute Gasteiger partial charge is 0.427 e. The zero-order valence-corrected chi connectivity index (χ0v) is 13.0. The summed E-state index contributed by atoms with van der Waals surface area (Å²) in [7, 11) is 0. The molecule has 1 aliphatic heterocycles. The first-order valence-electron chi connectivity index (χ1n) is 7.59. The van der Waals surface area contributed by atoms with Crippen molar-refractivity contribution in [3.05, 3.63) is 34.8 Å². The van der Waals surface area contributed by atoms with Gasteiger partial charge in [-0.3, -0.25) is 4.79 Å². The molecular weight excluding hydrogens is 299 g/mol. The van der Waals surface area contributed by atoms with Crippen molar-refractivity contribution in [3.8, 4) is 6.07 Å². The lowest BCUT2D eigenvalue weighted by Gasteiger charge is -2.36. The summed E-state index contributed by atoms with van der Waals surface area (Å²) in [6.07, 6.45) is 1.70. The molecule has 0 saturated heterocycles. The molecule has 1 aliphatic rings. The summed E-state index contributed by atoms with van der Waals surface area (Å²) in [6, 6.07) is 4.83. The van der Waals surface area contributed by atoms with Crippen molar-refractivity contribution in [2.75, 3.05) is 6.61 Å². The van der Waals surface area contributed by atoms with Gasteiger partial charge in [-0.05, 0) is 30.5 Å². The Morgan fingerprint density at radius 3 is 3.00 bits per heavy atom. The predicted molar refractivity (Wildman–Crippen MR) is 81.0 cm³/mol. The van der Waals surface area contributed by atoms with Gasteiger partial charge in [-0.25, -0.2) is 4.39 Å². The molecule has 1 unspecified atom stereocenters. The molecule has 0 spiro atoms. The van der Waals surface area contributed by atoms with E-state index in [-0.39, 0.29) is 5.52 Å². The Balaban J connectivity index is 2.30. The Bertz CT molecular complexity index is 821. The van der Waals surface area contributed by atoms with E-state index in [4.69, 9.17) is 9.47 Å². The Morgan fingerprint density at radius 1 is 1.57 bits per heavy atom. The standard InChI is InChI=1S/C17H17FN2O3/c1-3-7-17(23-10(2)21)16-12(6-8-22-17)14-11(9-19)4-5-13(18)15(14)20-16/h4-5,20H,3,6-8H2,1-2H3. The van der Waals surface area contributed by atoms with Crippen LogP contribution >= 0.6 is 0 Å². The Labute approximate surface area is 133 Å². The molecule has 0 aliphatic carbocycles. The molecule has 1 aromatic carbocycles. The van der Waals surface area contributed by atoms with Crippen LogP contribution in [0, 0.1) is 17.1 Å². The van der Waals surface area contributed by atoms with Gasteiger partial charge in [0, 0.05) is 18.7 Å².